The number of aromatic nitrogens is 1. The second-order valence-corrected chi connectivity index (χ2v) is 6.57. The molecule has 5 nitrogen and oxygen atoms in total. The lowest BCUT2D eigenvalue weighted by Crippen LogP contribution is -2.13. The summed E-state index contributed by atoms with van der Waals surface area (Å²) >= 11 is 0. The van der Waals surface area contributed by atoms with Gasteiger partial charge < -0.3 is 14.5 Å². The van der Waals surface area contributed by atoms with Crippen molar-refractivity contribution in [3.8, 4) is 28.5 Å². The highest BCUT2D eigenvalue weighted by molar-refractivity contribution is 6.08. The molecule has 1 amide bonds. The molecule has 0 saturated carbocycles. The maximum Gasteiger partial charge on any atom is 0.256 e. The number of benzene rings is 3. The lowest BCUT2D eigenvalue weighted by molar-refractivity contribution is 0.102. The molecule has 0 aliphatic carbocycles. The van der Waals surface area contributed by atoms with Crippen LogP contribution >= 0.6 is 0 Å². The Hall–Kier alpha value is -3.86. The van der Waals surface area contributed by atoms with Crippen molar-refractivity contribution in [1.82, 2.24) is 4.98 Å². The molecule has 0 unspecified atom stereocenters. The lowest BCUT2D eigenvalue weighted by Gasteiger charge is -2.10. The zero-order valence-corrected chi connectivity index (χ0v) is 16.2. The SMILES string of the molecule is COc1ccc(-c2cnc(-c3ccccc3C(=O)Nc3ccccc3C)o2)cc1. The Morgan fingerprint density at radius 2 is 1.69 bits per heavy atom. The van der Waals surface area contributed by atoms with Crippen molar-refractivity contribution in [2.45, 2.75) is 6.92 Å². The van der Waals surface area contributed by atoms with Crippen LogP contribution in [0.2, 0.25) is 0 Å². The van der Waals surface area contributed by atoms with E-state index in [4.69, 9.17) is 9.15 Å². The third-order valence-corrected chi connectivity index (χ3v) is 4.68. The number of nitrogens with one attached hydrogen (secondary N) is 1. The zero-order chi connectivity index (χ0) is 20.2. The summed E-state index contributed by atoms with van der Waals surface area (Å²) in [6, 6.07) is 22.5. The van der Waals surface area contributed by atoms with Gasteiger partial charge >= 0.3 is 0 Å². The van der Waals surface area contributed by atoms with Gasteiger partial charge in [0.1, 0.15) is 5.75 Å². The van der Waals surface area contributed by atoms with Crippen molar-refractivity contribution in [1.29, 1.82) is 0 Å². The van der Waals surface area contributed by atoms with Gasteiger partial charge in [0.2, 0.25) is 5.89 Å². The summed E-state index contributed by atoms with van der Waals surface area (Å²) in [5.41, 5.74) is 3.79. The number of para-hydroxylation sites is 1. The van der Waals surface area contributed by atoms with Gasteiger partial charge in [-0.25, -0.2) is 4.98 Å². The number of methoxy groups -OCH3 is 1. The topological polar surface area (TPSA) is 64.4 Å². The van der Waals surface area contributed by atoms with E-state index in [0.717, 1.165) is 22.6 Å². The smallest absolute Gasteiger partial charge is 0.256 e. The molecular formula is C24H20N2O3. The quantitative estimate of drug-likeness (QED) is 0.488. The largest absolute Gasteiger partial charge is 0.497 e. The van der Waals surface area contributed by atoms with Crippen molar-refractivity contribution < 1.29 is 13.9 Å². The molecule has 29 heavy (non-hydrogen) atoms. The molecule has 0 fully saturated rings. The average molecular weight is 384 g/mol. The van der Waals surface area contributed by atoms with Crippen LogP contribution in [0.3, 0.4) is 0 Å². The van der Waals surface area contributed by atoms with Gasteiger partial charge in [0, 0.05) is 16.8 Å². The molecule has 0 radical (unpaired) electrons. The molecule has 4 rings (SSSR count). The Bertz CT molecular complexity index is 1150. The normalized spacial score (nSPS) is 10.6. The number of ether oxygens (including phenoxy) is 1. The Kier molecular flexibility index (Phi) is 5.12. The minimum absolute atomic E-state index is 0.209. The fourth-order valence-corrected chi connectivity index (χ4v) is 3.06. The molecule has 0 atom stereocenters. The Morgan fingerprint density at radius 1 is 0.966 bits per heavy atom. The number of aryl methyl sites for hydroxylation is 1. The number of oxazole rings is 1. The third kappa shape index (κ3) is 3.89. The van der Waals surface area contributed by atoms with Crippen LogP contribution in [0.1, 0.15) is 15.9 Å². The number of carbonyl (C=O) groups is 1. The Morgan fingerprint density at radius 3 is 2.45 bits per heavy atom. The van der Waals surface area contributed by atoms with Crippen LogP contribution in [0.25, 0.3) is 22.8 Å². The highest BCUT2D eigenvalue weighted by Crippen LogP contribution is 2.29. The zero-order valence-electron chi connectivity index (χ0n) is 16.2. The summed E-state index contributed by atoms with van der Waals surface area (Å²) < 4.78 is 11.2. The molecule has 3 aromatic carbocycles. The van der Waals surface area contributed by atoms with E-state index >= 15 is 0 Å². The first-order chi connectivity index (χ1) is 14.2. The fourth-order valence-electron chi connectivity index (χ4n) is 3.06. The standard InChI is InChI=1S/C24H20N2O3/c1-16-7-3-6-10-21(16)26-23(27)19-8-4-5-9-20(19)24-25-15-22(29-24)17-11-13-18(28-2)14-12-17/h3-15H,1-2H3,(H,26,27). The van der Waals surface area contributed by atoms with E-state index in [1.165, 1.54) is 0 Å². The molecule has 0 spiro atoms. The summed E-state index contributed by atoms with van der Waals surface area (Å²) in [5, 5.41) is 2.97. The second-order valence-electron chi connectivity index (χ2n) is 6.57. The molecule has 144 valence electrons. The molecule has 0 saturated heterocycles. The van der Waals surface area contributed by atoms with Gasteiger partial charge in [0.25, 0.3) is 5.91 Å². The number of nitrogens with zero attached hydrogens (tertiary/aromatic N) is 1. The van der Waals surface area contributed by atoms with Crippen LogP contribution in [0, 0.1) is 6.92 Å². The van der Waals surface area contributed by atoms with E-state index in [0.29, 0.717) is 22.8 Å². The van der Waals surface area contributed by atoms with E-state index in [1.54, 1.807) is 19.4 Å². The monoisotopic (exact) mass is 384 g/mol. The minimum atomic E-state index is -0.209. The number of anilines is 1. The molecular weight excluding hydrogens is 364 g/mol. The predicted molar refractivity (Wildman–Crippen MR) is 113 cm³/mol. The summed E-state index contributed by atoms with van der Waals surface area (Å²) in [5.74, 6) is 1.58. The number of rotatable bonds is 5. The van der Waals surface area contributed by atoms with E-state index in [1.807, 2.05) is 73.7 Å². The van der Waals surface area contributed by atoms with Crippen LogP contribution in [-0.2, 0) is 0 Å². The summed E-state index contributed by atoms with van der Waals surface area (Å²) in [6.07, 6.45) is 1.66. The van der Waals surface area contributed by atoms with E-state index in [-0.39, 0.29) is 5.91 Å². The third-order valence-electron chi connectivity index (χ3n) is 4.68. The fraction of sp³-hybridized carbons (Fsp3) is 0.0833. The van der Waals surface area contributed by atoms with Gasteiger partial charge in [0.15, 0.2) is 5.76 Å². The average Bonchev–Trinajstić information content (AvgIpc) is 3.25. The van der Waals surface area contributed by atoms with Crippen LogP contribution in [0.4, 0.5) is 5.69 Å². The molecule has 1 heterocycles. The molecule has 1 N–H and O–H groups in total. The summed E-state index contributed by atoms with van der Waals surface area (Å²) in [6.45, 7) is 1.96. The first-order valence-corrected chi connectivity index (χ1v) is 9.22. The van der Waals surface area contributed by atoms with Crippen molar-refractivity contribution in [3.63, 3.8) is 0 Å². The Labute approximate surface area is 169 Å². The molecule has 0 aliphatic heterocycles. The van der Waals surface area contributed by atoms with E-state index in [9.17, 15) is 4.79 Å². The van der Waals surface area contributed by atoms with Crippen LogP contribution < -0.4 is 10.1 Å². The first-order valence-electron chi connectivity index (χ1n) is 9.22. The molecule has 4 aromatic rings. The van der Waals surface area contributed by atoms with Crippen molar-refractivity contribution in [2.75, 3.05) is 12.4 Å². The number of carbonyl (C=O) groups excluding carboxylic acids is 1. The van der Waals surface area contributed by atoms with Crippen molar-refractivity contribution >= 4 is 11.6 Å². The molecule has 1 aromatic heterocycles. The second kappa shape index (κ2) is 8.02. The van der Waals surface area contributed by atoms with Crippen LogP contribution in [0.5, 0.6) is 5.75 Å². The highest BCUT2D eigenvalue weighted by atomic mass is 16.5. The van der Waals surface area contributed by atoms with Gasteiger partial charge in [-0.15, -0.1) is 0 Å². The number of amides is 1. The summed E-state index contributed by atoms with van der Waals surface area (Å²) in [4.78, 5) is 17.3. The van der Waals surface area contributed by atoms with E-state index < -0.39 is 0 Å². The van der Waals surface area contributed by atoms with Gasteiger partial charge in [-0.05, 0) is 55.0 Å². The van der Waals surface area contributed by atoms with Gasteiger partial charge in [0.05, 0.1) is 18.9 Å². The van der Waals surface area contributed by atoms with E-state index in [2.05, 4.69) is 10.3 Å². The predicted octanol–water partition coefficient (Wildman–Crippen LogP) is 5.58. The molecule has 0 bridgehead atoms. The van der Waals surface area contributed by atoms with Crippen molar-refractivity contribution in [3.05, 3.63) is 90.1 Å². The van der Waals surface area contributed by atoms with Gasteiger partial charge in [-0.3, -0.25) is 4.79 Å². The van der Waals surface area contributed by atoms with Gasteiger partial charge in [-0.2, -0.15) is 0 Å². The molecule has 0 aliphatic rings. The number of hydrogen-bond acceptors (Lipinski definition) is 4. The summed E-state index contributed by atoms with van der Waals surface area (Å²) in [7, 11) is 1.63. The first kappa shape index (κ1) is 18.5. The van der Waals surface area contributed by atoms with Crippen LogP contribution in [-0.4, -0.2) is 18.0 Å². The van der Waals surface area contributed by atoms with Crippen molar-refractivity contribution in [2.24, 2.45) is 0 Å². The highest BCUT2D eigenvalue weighted by Gasteiger charge is 2.17. The number of hydrogen-bond donors (Lipinski definition) is 1. The maximum absolute atomic E-state index is 12.9. The molecule has 5 heteroatoms. The lowest BCUT2D eigenvalue weighted by atomic mass is 10.1. The van der Waals surface area contributed by atoms with Crippen LogP contribution in [0.15, 0.2) is 83.4 Å². The Balaban J connectivity index is 1.64. The maximum atomic E-state index is 12.9. The van der Waals surface area contributed by atoms with Gasteiger partial charge in [-0.1, -0.05) is 30.3 Å². The minimum Gasteiger partial charge on any atom is -0.497 e.